The summed E-state index contributed by atoms with van der Waals surface area (Å²) in [5.41, 5.74) is 11.8. The van der Waals surface area contributed by atoms with Crippen LogP contribution in [-0.4, -0.2) is 67.4 Å². The lowest BCUT2D eigenvalue weighted by atomic mass is 10.0. The Morgan fingerprint density at radius 1 is 1.36 bits per heavy atom. The average Bonchev–Trinajstić information content (AvgIpc) is 3.37. The van der Waals surface area contributed by atoms with Gasteiger partial charge in [0.25, 0.3) is 11.8 Å². The molecule has 2 atom stereocenters. The first kappa shape index (κ1) is 23.9. The zero-order valence-corrected chi connectivity index (χ0v) is 20.1. The van der Waals surface area contributed by atoms with Crippen molar-refractivity contribution in [2.45, 2.75) is 30.7 Å². The van der Waals surface area contributed by atoms with Crippen molar-refractivity contribution in [3.8, 4) is 0 Å². The van der Waals surface area contributed by atoms with Gasteiger partial charge in [-0.1, -0.05) is 39.9 Å². The average molecular weight is 531 g/mol. The van der Waals surface area contributed by atoms with Gasteiger partial charge in [-0.25, -0.2) is 9.78 Å². The van der Waals surface area contributed by atoms with Crippen molar-refractivity contribution in [1.29, 1.82) is 0 Å². The number of hydrogen-bond donors (Lipinski definition) is 5. The van der Waals surface area contributed by atoms with Crippen molar-refractivity contribution < 1.29 is 24.7 Å². The highest BCUT2D eigenvalue weighted by Crippen LogP contribution is 2.47. The first-order valence-electron chi connectivity index (χ1n) is 9.71. The van der Waals surface area contributed by atoms with Crippen LogP contribution in [0.25, 0.3) is 0 Å². The molecule has 33 heavy (non-hydrogen) atoms. The normalized spacial score (nSPS) is 23.0. The summed E-state index contributed by atoms with van der Waals surface area (Å²) in [6, 6.07) is -1.000. The van der Waals surface area contributed by atoms with Crippen molar-refractivity contribution in [2.24, 2.45) is 10.9 Å². The van der Waals surface area contributed by atoms with Gasteiger partial charge in [0.15, 0.2) is 10.8 Å². The second-order valence-corrected chi connectivity index (χ2v) is 11.2. The molecule has 2 aliphatic heterocycles. The number of carboxylic acid groups (broad SMARTS) is 1. The summed E-state index contributed by atoms with van der Waals surface area (Å²) in [4.78, 5) is 44.3. The molecule has 176 valence electrons. The summed E-state index contributed by atoms with van der Waals surface area (Å²) in [5, 5.41) is 24.0. The lowest BCUT2D eigenvalue weighted by Gasteiger charge is -2.49. The third kappa shape index (κ3) is 4.33. The predicted molar refractivity (Wildman–Crippen MR) is 127 cm³/mol. The number of nitrogens with zero attached hydrogens (tertiary/aromatic N) is 3. The number of carbonyl (C=O) groups is 3. The van der Waals surface area contributed by atoms with Crippen LogP contribution in [0.2, 0.25) is 4.34 Å². The van der Waals surface area contributed by atoms with Crippen LogP contribution in [0, 0.1) is 0 Å². The molecule has 0 radical (unpaired) electrons. The van der Waals surface area contributed by atoms with Gasteiger partial charge in [-0.05, 0) is 29.7 Å². The van der Waals surface area contributed by atoms with E-state index in [1.165, 1.54) is 28.4 Å². The summed E-state index contributed by atoms with van der Waals surface area (Å²) >= 11 is 9.61. The molecule has 1 unspecified atom stereocenters. The monoisotopic (exact) mass is 530 g/mol. The van der Waals surface area contributed by atoms with Gasteiger partial charge in [-0.15, -0.1) is 11.8 Å². The van der Waals surface area contributed by atoms with E-state index < -0.39 is 34.9 Å². The molecule has 1 aliphatic carbocycles. The number of nitrogens with one attached hydrogen (secondary N) is 1. The van der Waals surface area contributed by atoms with E-state index in [0.717, 1.165) is 41.1 Å². The van der Waals surface area contributed by atoms with Crippen LogP contribution in [0.1, 0.15) is 25.0 Å². The number of fused-ring (bicyclic) bond motifs is 1. The maximum Gasteiger partial charge on any atom is 0.353 e. The van der Waals surface area contributed by atoms with Gasteiger partial charge in [0, 0.05) is 17.2 Å². The number of thioether (sulfide) groups is 2. The number of carbonyl (C=O) groups excluding carboxylic acids is 2. The van der Waals surface area contributed by atoms with Gasteiger partial charge in [0.2, 0.25) is 0 Å². The van der Waals surface area contributed by atoms with E-state index in [4.69, 9.17) is 23.1 Å². The van der Waals surface area contributed by atoms with Gasteiger partial charge < -0.3 is 27.1 Å². The third-order valence-corrected chi connectivity index (χ3v) is 9.20. The molecule has 1 fully saturated rings. The minimum Gasteiger partial charge on any atom is -0.477 e. The molecule has 11 nitrogen and oxygen atoms in total. The van der Waals surface area contributed by atoms with Crippen LogP contribution in [-0.2, 0) is 14.4 Å². The van der Waals surface area contributed by atoms with Gasteiger partial charge in [0.05, 0.1) is 0 Å². The van der Waals surface area contributed by atoms with Crippen molar-refractivity contribution in [2.75, 3.05) is 18.0 Å². The summed E-state index contributed by atoms with van der Waals surface area (Å²) in [7, 11) is 0. The minimum atomic E-state index is -1.21. The smallest absolute Gasteiger partial charge is 0.353 e. The molecule has 0 bridgehead atoms. The number of anilines is 1. The minimum absolute atomic E-state index is 0.0554. The van der Waals surface area contributed by atoms with Crippen LogP contribution in [0.4, 0.5) is 5.13 Å². The van der Waals surface area contributed by atoms with Crippen LogP contribution in [0.3, 0.4) is 0 Å². The number of allylic oxidation sites excluding steroid dienone is 1. The molecule has 3 heterocycles. The van der Waals surface area contributed by atoms with Gasteiger partial charge in [-0.3, -0.25) is 14.5 Å². The highest BCUT2D eigenvalue weighted by atomic mass is 35.5. The van der Waals surface area contributed by atoms with Gasteiger partial charge in [-0.2, -0.15) is 0 Å². The number of oxime groups is 1. The molecule has 0 aromatic carbocycles. The summed E-state index contributed by atoms with van der Waals surface area (Å²) in [5.74, 6) is -2.30. The number of thiazole rings is 1. The number of hydrogen-bond acceptors (Lipinski definition) is 11. The first-order chi connectivity index (χ1) is 15.8. The quantitative estimate of drug-likeness (QED) is 0.149. The predicted octanol–water partition coefficient (Wildman–Crippen LogP) is 1.38. The number of carboxylic acids is 1. The van der Waals surface area contributed by atoms with Crippen LogP contribution in [0.15, 0.2) is 26.2 Å². The van der Waals surface area contributed by atoms with E-state index in [1.807, 2.05) is 0 Å². The van der Waals surface area contributed by atoms with E-state index in [0.29, 0.717) is 17.2 Å². The van der Waals surface area contributed by atoms with E-state index in [9.17, 15) is 24.7 Å². The fraction of sp³-hybridized carbons (Fsp3) is 0.389. The number of amides is 2. The van der Waals surface area contributed by atoms with E-state index in [1.54, 1.807) is 0 Å². The van der Waals surface area contributed by atoms with Crippen molar-refractivity contribution in [1.82, 2.24) is 15.2 Å². The summed E-state index contributed by atoms with van der Waals surface area (Å²) in [6.45, 7) is 0.425. The Hall–Kier alpha value is -2.26. The lowest BCUT2D eigenvalue weighted by Crippen LogP contribution is -2.71. The standard InChI is InChI=1S/C18H19ClN6O5S3/c19-13-9(23-18(21)33-13)10(24-30)14(26)22-11-15(27)25-12(17(28)29)8(5-31-16(11)25)32-7-3-1-2-6(7)4-20/h11,16,30H,1-5,20H2,(H2,21,23)(H,22,26)(H,28,29)/b24-10-/t11?,16-/m1/s1. The van der Waals surface area contributed by atoms with E-state index in [-0.39, 0.29) is 20.9 Å². The molecule has 7 N–H and O–H groups in total. The summed E-state index contributed by atoms with van der Waals surface area (Å²) in [6.07, 6.45) is 2.70. The Balaban J connectivity index is 1.53. The molecule has 0 spiro atoms. The largest absolute Gasteiger partial charge is 0.477 e. The van der Waals surface area contributed by atoms with Gasteiger partial charge >= 0.3 is 5.97 Å². The molecular weight excluding hydrogens is 512 g/mol. The Morgan fingerprint density at radius 2 is 2.12 bits per heavy atom. The second-order valence-electron chi connectivity index (χ2n) is 7.25. The topological polar surface area (TPSA) is 184 Å². The maximum absolute atomic E-state index is 12.9. The molecule has 4 rings (SSSR count). The lowest BCUT2D eigenvalue weighted by molar-refractivity contribution is -0.150. The molecule has 2 amide bonds. The van der Waals surface area contributed by atoms with Crippen LogP contribution < -0.4 is 16.8 Å². The Labute approximate surface area is 205 Å². The Morgan fingerprint density at radius 3 is 2.73 bits per heavy atom. The molecule has 3 aliphatic rings. The molecule has 1 aromatic rings. The highest BCUT2D eigenvalue weighted by Gasteiger charge is 2.54. The fourth-order valence-corrected chi connectivity index (χ4v) is 7.53. The van der Waals surface area contributed by atoms with Crippen LogP contribution >= 0.6 is 46.5 Å². The zero-order chi connectivity index (χ0) is 23.9. The SMILES string of the molecule is NCC1=C(SC2=C(C(=O)O)N3C(=O)C(NC(=O)/C(=N\O)c4nc(N)sc4Cl)[C@H]3SC2)CCC1. The fourth-order valence-electron chi connectivity index (χ4n) is 3.81. The highest BCUT2D eigenvalue weighted by molar-refractivity contribution is 8.09. The van der Waals surface area contributed by atoms with Gasteiger partial charge in [0.1, 0.15) is 27.1 Å². The Bertz CT molecular complexity index is 1130. The maximum atomic E-state index is 12.9. The number of rotatable bonds is 7. The second kappa shape index (κ2) is 9.54. The van der Waals surface area contributed by atoms with Crippen molar-refractivity contribution >= 4 is 75.1 Å². The number of aliphatic carboxylic acids is 1. The number of nitrogens with two attached hydrogens (primary N) is 2. The molecule has 1 aromatic heterocycles. The number of nitrogen functional groups attached to an aromatic ring is 1. The van der Waals surface area contributed by atoms with Crippen LogP contribution in [0.5, 0.6) is 0 Å². The van der Waals surface area contributed by atoms with E-state index in [2.05, 4.69) is 15.5 Å². The number of β-lactam (4-membered cyclic amide) rings is 1. The number of aromatic nitrogens is 1. The van der Waals surface area contributed by atoms with Crippen molar-refractivity contribution in [3.05, 3.63) is 31.1 Å². The summed E-state index contributed by atoms with van der Waals surface area (Å²) < 4.78 is 0.0554. The third-order valence-electron chi connectivity index (χ3n) is 5.33. The molecule has 15 heteroatoms. The number of halogens is 1. The van der Waals surface area contributed by atoms with E-state index >= 15 is 0 Å². The first-order valence-corrected chi connectivity index (χ1v) is 12.8. The zero-order valence-electron chi connectivity index (χ0n) is 16.9. The van der Waals surface area contributed by atoms with Crippen molar-refractivity contribution in [3.63, 3.8) is 0 Å². The Kier molecular flexibility index (Phi) is 6.91. The molecular formula is C18H19ClN6O5S3. The molecule has 0 saturated carbocycles. The molecule has 1 saturated heterocycles.